The van der Waals surface area contributed by atoms with E-state index in [4.69, 9.17) is 0 Å². The summed E-state index contributed by atoms with van der Waals surface area (Å²) in [7, 11) is 1.31. The van der Waals surface area contributed by atoms with Gasteiger partial charge >= 0.3 is 5.97 Å². The van der Waals surface area contributed by atoms with Crippen molar-refractivity contribution < 1.29 is 9.53 Å². The van der Waals surface area contributed by atoms with Gasteiger partial charge in [0.25, 0.3) is 0 Å². The number of esters is 1. The summed E-state index contributed by atoms with van der Waals surface area (Å²) in [5.41, 5.74) is 3.93. The summed E-state index contributed by atoms with van der Waals surface area (Å²) in [6.07, 6.45) is 0. The van der Waals surface area contributed by atoms with Gasteiger partial charge in [0.05, 0.1) is 7.11 Å². The maximum atomic E-state index is 11.3. The average Bonchev–Trinajstić information content (AvgIpc) is 2.55. The molecule has 2 aromatic rings. The molecule has 106 valence electrons. The minimum atomic E-state index is -0.503. The van der Waals surface area contributed by atoms with Crippen LogP contribution in [-0.2, 0) is 9.53 Å². The predicted octanol–water partition coefficient (Wildman–Crippen LogP) is 3.60. The Kier molecular flexibility index (Phi) is 4.57. The third-order valence-corrected chi connectivity index (χ3v) is 3.07. The van der Waals surface area contributed by atoms with Gasteiger partial charge < -0.3 is 10.1 Å². The molecule has 0 aromatic heterocycles. The Morgan fingerprint density at radius 3 is 2.10 bits per heavy atom. The van der Waals surface area contributed by atoms with Crippen LogP contribution in [0.15, 0.2) is 73.5 Å². The van der Waals surface area contributed by atoms with Gasteiger partial charge in [-0.3, -0.25) is 0 Å². The molecule has 0 heterocycles. The molecular formula is C18H17NO2. The van der Waals surface area contributed by atoms with Crippen LogP contribution in [-0.4, -0.2) is 13.1 Å². The van der Waals surface area contributed by atoms with Crippen LogP contribution in [0.3, 0.4) is 0 Å². The maximum absolute atomic E-state index is 11.3. The van der Waals surface area contributed by atoms with E-state index in [1.165, 1.54) is 7.11 Å². The molecule has 0 spiro atoms. The lowest BCUT2D eigenvalue weighted by atomic mass is 10.0. The Hall–Kier alpha value is -2.81. The van der Waals surface area contributed by atoms with Crippen molar-refractivity contribution in [1.29, 1.82) is 0 Å². The van der Waals surface area contributed by atoms with Gasteiger partial charge in [0, 0.05) is 5.70 Å². The van der Waals surface area contributed by atoms with Crippen molar-refractivity contribution in [3.05, 3.63) is 79.0 Å². The van der Waals surface area contributed by atoms with Crippen LogP contribution in [0, 0.1) is 0 Å². The minimum Gasteiger partial charge on any atom is -0.464 e. The quantitative estimate of drug-likeness (QED) is 0.671. The van der Waals surface area contributed by atoms with Crippen LogP contribution in [0.4, 0.5) is 0 Å². The first-order valence-electron chi connectivity index (χ1n) is 6.51. The lowest BCUT2D eigenvalue weighted by molar-refractivity contribution is -0.136. The van der Waals surface area contributed by atoms with Crippen molar-refractivity contribution in [3.63, 3.8) is 0 Å². The summed E-state index contributed by atoms with van der Waals surface area (Å²) >= 11 is 0. The van der Waals surface area contributed by atoms with E-state index in [0.29, 0.717) is 5.70 Å². The molecule has 2 aromatic carbocycles. The highest BCUT2D eigenvalue weighted by Crippen LogP contribution is 2.21. The molecule has 0 amide bonds. The van der Waals surface area contributed by atoms with Crippen LogP contribution in [0.5, 0.6) is 0 Å². The first-order valence-corrected chi connectivity index (χ1v) is 6.51. The Balaban J connectivity index is 2.10. The summed E-state index contributed by atoms with van der Waals surface area (Å²) in [4.78, 5) is 11.3. The fourth-order valence-corrected chi connectivity index (χ4v) is 1.92. The van der Waals surface area contributed by atoms with Crippen LogP contribution >= 0.6 is 0 Å². The van der Waals surface area contributed by atoms with E-state index < -0.39 is 5.97 Å². The Labute approximate surface area is 124 Å². The van der Waals surface area contributed by atoms with Crippen LogP contribution < -0.4 is 5.32 Å². The van der Waals surface area contributed by atoms with Gasteiger partial charge in [0.15, 0.2) is 0 Å². The summed E-state index contributed by atoms with van der Waals surface area (Å²) < 4.78 is 4.58. The lowest BCUT2D eigenvalue weighted by Crippen LogP contribution is -2.18. The summed E-state index contributed by atoms with van der Waals surface area (Å²) in [5, 5.41) is 2.84. The highest BCUT2D eigenvalue weighted by atomic mass is 16.5. The van der Waals surface area contributed by atoms with Crippen molar-refractivity contribution in [3.8, 4) is 11.1 Å². The Morgan fingerprint density at radius 1 is 0.952 bits per heavy atom. The number of carbonyl (C=O) groups is 1. The van der Waals surface area contributed by atoms with Crippen LogP contribution in [0.2, 0.25) is 0 Å². The molecule has 0 aliphatic heterocycles. The van der Waals surface area contributed by atoms with E-state index in [9.17, 15) is 4.79 Å². The fourth-order valence-electron chi connectivity index (χ4n) is 1.92. The summed E-state index contributed by atoms with van der Waals surface area (Å²) in [5.74, 6) is -0.503. The highest BCUT2D eigenvalue weighted by molar-refractivity contribution is 5.89. The molecular weight excluding hydrogens is 262 g/mol. The fraction of sp³-hybridized carbons (Fsp3) is 0.0556. The molecule has 21 heavy (non-hydrogen) atoms. The first kappa shape index (κ1) is 14.6. The van der Waals surface area contributed by atoms with E-state index in [0.717, 1.165) is 16.7 Å². The zero-order chi connectivity index (χ0) is 15.2. The monoisotopic (exact) mass is 279 g/mol. The molecule has 0 fully saturated rings. The Morgan fingerprint density at radius 2 is 1.52 bits per heavy atom. The van der Waals surface area contributed by atoms with Gasteiger partial charge in [-0.25, -0.2) is 4.79 Å². The SMILES string of the molecule is C=C(NC(=C)c1ccc(-c2ccccc2)cc1)C(=O)OC. The van der Waals surface area contributed by atoms with Gasteiger partial charge in [0.1, 0.15) is 5.70 Å². The van der Waals surface area contributed by atoms with Gasteiger partial charge in [-0.1, -0.05) is 67.8 Å². The third kappa shape index (κ3) is 3.60. The molecule has 3 nitrogen and oxygen atoms in total. The third-order valence-electron chi connectivity index (χ3n) is 3.07. The number of benzene rings is 2. The molecule has 0 bridgehead atoms. The number of ether oxygens (including phenoxy) is 1. The number of methoxy groups -OCH3 is 1. The molecule has 0 unspecified atom stereocenters. The topological polar surface area (TPSA) is 38.3 Å². The maximum Gasteiger partial charge on any atom is 0.353 e. The number of hydrogen-bond donors (Lipinski definition) is 1. The molecule has 0 saturated carbocycles. The molecule has 0 saturated heterocycles. The molecule has 1 N–H and O–H groups in total. The average molecular weight is 279 g/mol. The molecule has 3 heteroatoms. The predicted molar refractivity (Wildman–Crippen MR) is 85.2 cm³/mol. The van der Waals surface area contributed by atoms with E-state index in [-0.39, 0.29) is 5.70 Å². The van der Waals surface area contributed by atoms with E-state index in [2.05, 4.69) is 35.3 Å². The Bertz CT molecular complexity index is 657. The largest absolute Gasteiger partial charge is 0.464 e. The second-order valence-corrected chi connectivity index (χ2v) is 4.52. The molecule has 0 aliphatic rings. The van der Waals surface area contributed by atoms with Gasteiger partial charge in [-0.15, -0.1) is 0 Å². The van der Waals surface area contributed by atoms with Crippen LogP contribution in [0.25, 0.3) is 16.8 Å². The lowest BCUT2D eigenvalue weighted by Gasteiger charge is -2.11. The normalized spacial score (nSPS) is 9.76. The highest BCUT2D eigenvalue weighted by Gasteiger charge is 2.08. The molecule has 2 rings (SSSR count). The minimum absolute atomic E-state index is 0.162. The van der Waals surface area contributed by atoms with E-state index >= 15 is 0 Å². The van der Waals surface area contributed by atoms with Crippen molar-refractivity contribution in [2.24, 2.45) is 0 Å². The number of hydrogen-bond acceptors (Lipinski definition) is 3. The summed E-state index contributed by atoms with van der Waals surface area (Å²) in [6.45, 7) is 7.51. The summed E-state index contributed by atoms with van der Waals surface area (Å²) in [6, 6.07) is 18.0. The van der Waals surface area contributed by atoms with Gasteiger partial charge in [0.2, 0.25) is 0 Å². The van der Waals surface area contributed by atoms with Crippen molar-refractivity contribution >= 4 is 11.7 Å². The first-order chi connectivity index (χ1) is 10.1. The number of nitrogens with one attached hydrogen (secondary N) is 1. The van der Waals surface area contributed by atoms with Crippen LogP contribution in [0.1, 0.15) is 5.56 Å². The van der Waals surface area contributed by atoms with Gasteiger partial charge in [-0.05, 0) is 16.7 Å². The van der Waals surface area contributed by atoms with Crippen molar-refractivity contribution in [2.45, 2.75) is 0 Å². The van der Waals surface area contributed by atoms with Gasteiger partial charge in [-0.2, -0.15) is 0 Å². The zero-order valence-corrected chi connectivity index (χ0v) is 11.9. The zero-order valence-electron chi connectivity index (χ0n) is 11.9. The van der Waals surface area contributed by atoms with E-state index in [1.54, 1.807) is 0 Å². The molecule has 0 aliphatic carbocycles. The standard InChI is InChI=1S/C18H17NO2/c1-13(19-14(2)18(20)21-3)15-9-11-17(12-10-15)16-7-5-4-6-8-16/h4-12,19H,1-2H2,3H3. The number of carbonyl (C=O) groups excluding carboxylic acids is 1. The smallest absolute Gasteiger partial charge is 0.353 e. The van der Waals surface area contributed by atoms with Crippen molar-refractivity contribution in [2.75, 3.05) is 7.11 Å². The number of rotatable bonds is 5. The second kappa shape index (κ2) is 6.57. The van der Waals surface area contributed by atoms with E-state index in [1.807, 2.05) is 42.5 Å². The van der Waals surface area contributed by atoms with Crippen molar-refractivity contribution in [1.82, 2.24) is 5.32 Å². The molecule has 0 atom stereocenters. The molecule has 0 radical (unpaired) electrons. The second-order valence-electron chi connectivity index (χ2n) is 4.52.